The van der Waals surface area contributed by atoms with Gasteiger partial charge in [0.05, 0.1) is 12.7 Å². The van der Waals surface area contributed by atoms with Crippen LogP contribution in [0, 0.1) is 0 Å². The summed E-state index contributed by atoms with van der Waals surface area (Å²) in [5.41, 5.74) is 2.25. The zero-order valence-electron chi connectivity index (χ0n) is 14.4. The first kappa shape index (κ1) is 17.4. The third-order valence-corrected chi connectivity index (χ3v) is 3.52. The summed E-state index contributed by atoms with van der Waals surface area (Å²) in [7, 11) is 1.55. The molecule has 1 N–H and O–H groups in total. The molecule has 0 unspecified atom stereocenters. The fourth-order valence-electron chi connectivity index (χ4n) is 2.30. The van der Waals surface area contributed by atoms with Crippen molar-refractivity contribution in [3.05, 3.63) is 43.1 Å². The molecule has 2 heterocycles. The molecule has 26 heavy (non-hydrogen) atoms. The van der Waals surface area contributed by atoms with E-state index in [1.165, 1.54) is 6.39 Å². The van der Waals surface area contributed by atoms with Crippen molar-refractivity contribution in [1.82, 2.24) is 20.5 Å². The first-order valence-corrected chi connectivity index (χ1v) is 8.06. The van der Waals surface area contributed by atoms with Crippen LogP contribution in [0.2, 0.25) is 0 Å². The van der Waals surface area contributed by atoms with Crippen LogP contribution in [0.25, 0.3) is 22.6 Å². The Labute approximate surface area is 150 Å². The van der Waals surface area contributed by atoms with E-state index in [9.17, 15) is 4.79 Å². The molecule has 8 nitrogen and oxygen atoms in total. The highest BCUT2D eigenvalue weighted by Gasteiger charge is 2.11. The van der Waals surface area contributed by atoms with Gasteiger partial charge in [-0.15, -0.1) is 10.2 Å². The molecule has 3 rings (SSSR count). The Morgan fingerprint density at radius 1 is 1.12 bits per heavy atom. The minimum absolute atomic E-state index is 0.371. The van der Waals surface area contributed by atoms with Crippen LogP contribution in [0.1, 0.15) is 13.3 Å². The predicted molar refractivity (Wildman–Crippen MR) is 93.8 cm³/mol. The molecule has 0 spiro atoms. The standard InChI is InChI=1S/C18H18N4O4/c1-3-4-20-18(23)26-16-7-12(6-15(8-16)24-2)13-5-14(10-19-9-13)17-22-21-11-25-17/h5-11H,3-4H2,1-2H3,(H,20,23). The lowest BCUT2D eigenvalue weighted by Crippen LogP contribution is -2.27. The van der Waals surface area contributed by atoms with Crippen molar-refractivity contribution >= 4 is 6.09 Å². The van der Waals surface area contributed by atoms with E-state index in [0.717, 1.165) is 17.5 Å². The van der Waals surface area contributed by atoms with Crippen LogP contribution in [-0.2, 0) is 0 Å². The van der Waals surface area contributed by atoms with Gasteiger partial charge in [0, 0.05) is 30.6 Å². The maximum Gasteiger partial charge on any atom is 0.412 e. The number of carbonyl (C=O) groups is 1. The maximum absolute atomic E-state index is 11.8. The van der Waals surface area contributed by atoms with Crippen molar-refractivity contribution in [3.8, 4) is 34.1 Å². The number of carbonyl (C=O) groups excluding carboxylic acids is 1. The zero-order chi connectivity index (χ0) is 18.4. The monoisotopic (exact) mass is 354 g/mol. The fraction of sp³-hybridized carbons (Fsp3) is 0.222. The van der Waals surface area contributed by atoms with Crippen LogP contribution in [-0.4, -0.2) is 34.9 Å². The van der Waals surface area contributed by atoms with Gasteiger partial charge in [0.15, 0.2) is 0 Å². The van der Waals surface area contributed by atoms with Gasteiger partial charge in [0.25, 0.3) is 0 Å². The summed E-state index contributed by atoms with van der Waals surface area (Å²) in [4.78, 5) is 16.0. The largest absolute Gasteiger partial charge is 0.497 e. The number of methoxy groups -OCH3 is 1. The summed E-state index contributed by atoms with van der Waals surface area (Å²) >= 11 is 0. The summed E-state index contributed by atoms with van der Waals surface area (Å²) < 4.78 is 15.8. The number of ether oxygens (including phenoxy) is 2. The molecular weight excluding hydrogens is 336 g/mol. The third-order valence-electron chi connectivity index (χ3n) is 3.52. The van der Waals surface area contributed by atoms with E-state index >= 15 is 0 Å². The Hall–Kier alpha value is -3.42. The molecule has 1 amide bonds. The number of hydrogen-bond acceptors (Lipinski definition) is 7. The Balaban J connectivity index is 1.91. The molecule has 0 saturated carbocycles. The minimum Gasteiger partial charge on any atom is -0.497 e. The van der Waals surface area contributed by atoms with Gasteiger partial charge in [-0.2, -0.15) is 0 Å². The average molecular weight is 354 g/mol. The van der Waals surface area contributed by atoms with Crippen LogP contribution in [0.15, 0.2) is 47.5 Å². The van der Waals surface area contributed by atoms with Crippen molar-refractivity contribution < 1.29 is 18.7 Å². The summed E-state index contributed by atoms with van der Waals surface area (Å²) in [5, 5.41) is 10.2. The predicted octanol–water partition coefficient (Wildman–Crippen LogP) is 3.31. The molecular formula is C18H18N4O4. The van der Waals surface area contributed by atoms with E-state index in [1.54, 1.807) is 31.6 Å². The van der Waals surface area contributed by atoms with Gasteiger partial charge in [0.1, 0.15) is 11.5 Å². The van der Waals surface area contributed by atoms with Crippen molar-refractivity contribution in [2.24, 2.45) is 0 Å². The topological polar surface area (TPSA) is 99.4 Å². The van der Waals surface area contributed by atoms with Crippen molar-refractivity contribution in [2.45, 2.75) is 13.3 Å². The molecule has 134 valence electrons. The van der Waals surface area contributed by atoms with E-state index in [1.807, 2.05) is 19.1 Å². The van der Waals surface area contributed by atoms with Crippen LogP contribution >= 0.6 is 0 Å². The molecule has 1 aromatic carbocycles. The quantitative estimate of drug-likeness (QED) is 0.725. The number of rotatable bonds is 6. The normalized spacial score (nSPS) is 10.4. The molecule has 0 aliphatic rings. The van der Waals surface area contributed by atoms with Gasteiger partial charge in [-0.3, -0.25) is 4.98 Å². The number of pyridine rings is 1. The smallest absolute Gasteiger partial charge is 0.412 e. The molecule has 0 aliphatic carbocycles. The first-order chi connectivity index (χ1) is 12.7. The Kier molecular flexibility index (Phi) is 5.43. The Morgan fingerprint density at radius 3 is 2.65 bits per heavy atom. The molecule has 0 bridgehead atoms. The van der Waals surface area contributed by atoms with Gasteiger partial charge in [0.2, 0.25) is 12.3 Å². The van der Waals surface area contributed by atoms with Crippen molar-refractivity contribution in [2.75, 3.05) is 13.7 Å². The first-order valence-electron chi connectivity index (χ1n) is 8.06. The summed E-state index contributed by atoms with van der Waals surface area (Å²) in [6.07, 6.45) is 4.90. The molecule has 0 atom stereocenters. The van der Waals surface area contributed by atoms with E-state index in [4.69, 9.17) is 13.9 Å². The van der Waals surface area contributed by atoms with Crippen LogP contribution < -0.4 is 14.8 Å². The zero-order valence-corrected chi connectivity index (χ0v) is 14.4. The molecule has 0 aliphatic heterocycles. The lowest BCUT2D eigenvalue weighted by atomic mass is 10.1. The molecule has 0 radical (unpaired) electrons. The highest BCUT2D eigenvalue weighted by atomic mass is 16.6. The van der Waals surface area contributed by atoms with Crippen LogP contribution in [0.3, 0.4) is 0 Å². The molecule has 0 fully saturated rings. The van der Waals surface area contributed by atoms with Gasteiger partial charge in [-0.05, 0) is 30.2 Å². The van der Waals surface area contributed by atoms with Gasteiger partial charge in [-0.25, -0.2) is 4.79 Å². The second kappa shape index (κ2) is 8.11. The van der Waals surface area contributed by atoms with E-state index in [2.05, 4.69) is 20.5 Å². The SMILES string of the molecule is CCCNC(=O)Oc1cc(OC)cc(-c2cncc(-c3nnco3)c2)c1. The van der Waals surface area contributed by atoms with E-state index < -0.39 is 6.09 Å². The summed E-state index contributed by atoms with van der Waals surface area (Å²) in [6.45, 7) is 2.51. The third kappa shape index (κ3) is 4.15. The highest BCUT2D eigenvalue weighted by Crippen LogP contribution is 2.31. The number of benzene rings is 1. The summed E-state index contributed by atoms with van der Waals surface area (Å²) in [6, 6.07) is 7.06. The number of aromatic nitrogens is 3. The number of nitrogens with one attached hydrogen (secondary N) is 1. The van der Waals surface area contributed by atoms with E-state index in [0.29, 0.717) is 29.5 Å². The lowest BCUT2D eigenvalue weighted by Gasteiger charge is -2.10. The molecule has 3 aromatic rings. The van der Waals surface area contributed by atoms with Crippen LogP contribution in [0.4, 0.5) is 4.79 Å². The Bertz CT molecular complexity index is 881. The van der Waals surface area contributed by atoms with Crippen LogP contribution in [0.5, 0.6) is 11.5 Å². The Morgan fingerprint density at radius 2 is 1.92 bits per heavy atom. The molecule has 2 aromatic heterocycles. The number of amides is 1. The minimum atomic E-state index is -0.510. The maximum atomic E-state index is 11.8. The van der Waals surface area contributed by atoms with Crippen molar-refractivity contribution in [1.29, 1.82) is 0 Å². The highest BCUT2D eigenvalue weighted by molar-refractivity contribution is 5.74. The lowest BCUT2D eigenvalue weighted by molar-refractivity contribution is 0.200. The number of hydrogen-bond donors (Lipinski definition) is 1. The number of nitrogens with zero attached hydrogens (tertiary/aromatic N) is 3. The van der Waals surface area contributed by atoms with Gasteiger partial charge in [-0.1, -0.05) is 6.92 Å². The second-order valence-corrected chi connectivity index (χ2v) is 5.42. The van der Waals surface area contributed by atoms with E-state index in [-0.39, 0.29) is 0 Å². The van der Waals surface area contributed by atoms with Gasteiger partial charge >= 0.3 is 6.09 Å². The average Bonchev–Trinajstić information content (AvgIpc) is 3.21. The summed E-state index contributed by atoms with van der Waals surface area (Å²) in [5.74, 6) is 1.30. The van der Waals surface area contributed by atoms with Gasteiger partial charge < -0.3 is 19.2 Å². The second-order valence-electron chi connectivity index (χ2n) is 5.42. The molecule has 8 heteroatoms. The van der Waals surface area contributed by atoms with Crippen molar-refractivity contribution in [3.63, 3.8) is 0 Å². The molecule has 0 saturated heterocycles. The fourth-order valence-corrected chi connectivity index (χ4v) is 2.30.